The van der Waals surface area contributed by atoms with Crippen molar-refractivity contribution in [2.24, 2.45) is 0 Å². The zero-order valence-electron chi connectivity index (χ0n) is 33.4. The van der Waals surface area contributed by atoms with Crippen LogP contribution in [0.25, 0.3) is 64.3 Å². The Kier molecular flexibility index (Phi) is 9.42. The number of hydrogen-bond acceptors (Lipinski definition) is 3. The number of benzene rings is 10. The second kappa shape index (κ2) is 15.8. The van der Waals surface area contributed by atoms with Gasteiger partial charge in [0.15, 0.2) is 0 Å². The first-order chi connectivity index (χ1) is 30.3. The van der Waals surface area contributed by atoms with Crippen LogP contribution in [0.2, 0.25) is 0 Å². The quantitative estimate of drug-likeness (QED) is 0.144. The van der Waals surface area contributed by atoms with Crippen LogP contribution in [-0.4, -0.2) is 0 Å². The van der Waals surface area contributed by atoms with Crippen LogP contribution in [-0.2, 0) is 0 Å². The van der Waals surface area contributed by atoms with E-state index in [1.54, 1.807) is 0 Å². The molecule has 3 heteroatoms. The maximum atomic E-state index is 2.49. The molecule has 0 N–H and O–H groups in total. The van der Waals surface area contributed by atoms with E-state index in [-0.39, 0.29) is 0 Å². The SMILES string of the molecule is c1ccc(-c2ccc(N(c3ccccc3)c3ccc4c(sc5ccc6ccccc6c54)c3N(c3ccc(-c4ccccc4)cc3)c3cccc(-c4ccccc4)c3)cc2)cc1. The molecule has 10 aromatic carbocycles. The van der Waals surface area contributed by atoms with E-state index in [9.17, 15) is 0 Å². The van der Waals surface area contributed by atoms with Gasteiger partial charge in [-0.25, -0.2) is 0 Å². The summed E-state index contributed by atoms with van der Waals surface area (Å²) in [4.78, 5) is 4.92. The molecule has 0 radical (unpaired) electrons. The highest BCUT2D eigenvalue weighted by atomic mass is 32.1. The topological polar surface area (TPSA) is 6.48 Å². The molecule has 2 nitrogen and oxygen atoms in total. The van der Waals surface area contributed by atoms with Gasteiger partial charge < -0.3 is 9.80 Å². The molecule has 0 amide bonds. The molecule has 0 aliphatic rings. The Morgan fingerprint density at radius 3 is 1.39 bits per heavy atom. The summed E-state index contributed by atoms with van der Waals surface area (Å²) in [5, 5.41) is 5.05. The van der Waals surface area contributed by atoms with Crippen molar-refractivity contribution >= 4 is 76.4 Å². The van der Waals surface area contributed by atoms with Gasteiger partial charge in [0.25, 0.3) is 0 Å². The molecule has 1 heterocycles. The number of thiophene rings is 1. The van der Waals surface area contributed by atoms with Crippen molar-refractivity contribution in [3.05, 3.63) is 243 Å². The molecule has 0 saturated heterocycles. The molecule has 11 aromatic rings. The first-order valence-corrected chi connectivity index (χ1v) is 21.6. The third-order valence-corrected chi connectivity index (χ3v) is 12.8. The van der Waals surface area contributed by atoms with Crippen LogP contribution in [0.5, 0.6) is 0 Å². The van der Waals surface area contributed by atoms with Gasteiger partial charge in [0.05, 0.1) is 16.1 Å². The van der Waals surface area contributed by atoms with Crippen molar-refractivity contribution in [3.8, 4) is 33.4 Å². The largest absolute Gasteiger partial charge is 0.308 e. The fraction of sp³-hybridized carbons (Fsp3) is 0. The predicted octanol–water partition coefficient (Wildman–Crippen LogP) is 17.1. The zero-order chi connectivity index (χ0) is 40.5. The van der Waals surface area contributed by atoms with Gasteiger partial charge in [-0.15, -0.1) is 11.3 Å². The van der Waals surface area contributed by atoms with Crippen molar-refractivity contribution in [2.75, 3.05) is 9.80 Å². The van der Waals surface area contributed by atoms with Crippen LogP contribution in [0.4, 0.5) is 34.1 Å². The number of nitrogens with zero attached hydrogens (tertiary/aromatic N) is 2. The molecule has 61 heavy (non-hydrogen) atoms. The lowest BCUT2D eigenvalue weighted by Crippen LogP contribution is -2.17. The van der Waals surface area contributed by atoms with Crippen LogP contribution in [0.1, 0.15) is 0 Å². The van der Waals surface area contributed by atoms with Gasteiger partial charge in [-0.05, 0) is 105 Å². The average Bonchev–Trinajstić information content (AvgIpc) is 3.74. The molecule has 0 unspecified atom stereocenters. The summed E-state index contributed by atoms with van der Waals surface area (Å²) in [7, 11) is 0. The Balaban J connectivity index is 1.21. The highest BCUT2D eigenvalue weighted by molar-refractivity contribution is 7.26. The smallest absolute Gasteiger partial charge is 0.0883 e. The van der Waals surface area contributed by atoms with Crippen molar-refractivity contribution in [2.45, 2.75) is 0 Å². The summed E-state index contributed by atoms with van der Waals surface area (Å²) >= 11 is 1.87. The summed E-state index contributed by atoms with van der Waals surface area (Å²) in [6.07, 6.45) is 0. The summed E-state index contributed by atoms with van der Waals surface area (Å²) < 4.78 is 2.49. The van der Waals surface area contributed by atoms with Crippen molar-refractivity contribution in [3.63, 3.8) is 0 Å². The van der Waals surface area contributed by atoms with E-state index in [1.807, 2.05) is 11.3 Å². The summed E-state index contributed by atoms with van der Waals surface area (Å²) in [5.74, 6) is 0. The van der Waals surface area contributed by atoms with E-state index in [2.05, 4.69) is 252 Å². The van der Waals surface area contributed by atoms with Crippen molar-refractivity contribution in [1.29, 1.82) is 0 Å². The van der Waals surface area contributed by atoms with Crippen molar-refractivity contribution in [1.82, 2.24) is 0 Å². The van der Waals surface area contributed by atoms with Crippen LogP contribution >= 0.6 is 11.3 Å². The fourth-order valence-corrected chi connectivity index (χ4v) is 9.97. The normalized spacial score (nSPS) is 11.3. The van der Waals surface area contributed by atoms with E-state index >= 15 is 0 Å². The highest BCUT2D eigenvalue weighted by Crippen LogP contribution is 2.53. The molecule has 0 fully saturated rings. The molecule has 0 atom stereocenters. The highest BCUT2D eigenvalue weighted by Gasteiger charge is 2.27. The number of anilines is 6. The molecular formula is C58H40N2S. The van der Waals surface area contributed by atoms with Gasteiger partial charge >= 0.3 is 0 Å². The van der Waals surface area contributed by atoms with E-state index in [0.29, 0.717) is 0 Å². The Labute approximate surface area is 360 Å². The van der Waals surface area contributed by atoms with E-state index in [1.165, 1.54) is 58.8 Å². The molecule has 0 saturated carbocycles. The molecule has 0 aliphatic carbocycles. The van der Waals surface area contributed by atoms with E-state index in [0.717, 1.165) is 39.7 Å². The van der Waals surface area contributed by atoms with Gasteiger partial charge in [0, 0.05) is 38.2 Å². The van der Waals surface area contributed by atoms with Gasteiger partial charge in [-0.2, -0.15) is 0 Å². The molecule has 1 aromatic heterocycles. The third-order valence-electron chi connectivity index (χ3n) is 11.6. The monoisotopic (exact) mass is 796 g/mol. The summed E-state index contributed by atoms with van der Waals surface area (Å²) in [6.45, 7) is 0. The minimum absolute atomic E-state index is 1.08. The molecule has 11 rings (SSSR count). The zero-order valence-corrected chi connectivity index (χ0v) is 34.2. The Hall–Kier alpha value is -7.72. The van der Waals surface area contributed by atoms with Crippen molar-refractivity contribution < 1.29 is 0 Å². The third kappa shape index (κ3) is 6.81. The fourth-order valence-electron chi connectivity index (χ4n) is 8.72. The lowest BCUT2D eigenvalue weighted by atomic mass is 10.0. The van der Waals surface area contributed by atoms with Crippen LogP contribution in [0.3, 0.4) is 0 Å². The van der Waals surface area contributed by atoms with Gasteiger partial charge in [0.2, 0.25) is 0 Å². The van der Waals surface area contributed by atoms with Crippen LogP contribution < -0.4 is 9.80 Å². The molecule has 0 aliphatic heterocycles. The second-order valence-corrected chi connectivity index (χ2v) is 16.4. The van der Waals surface area contributed by atoms with Crippen LogP contribution in [0, 0.1) is 0 Å². The van der Waals surface area contributed by atoms with Gasteiger partial charge in [0.1, 0.15) is 0 Å². The number of para-hydroxylation sites is 1. The molecule has 288 valence electrons. The maximum absolute atomic E-state index is 2.49. The minimum atomic E-state index is 1.08. The Morgan fingerprint density at radius 1 is 0.295 bits per heavy atom. The first-order valence-electron chi connectivity index (χ1n) is 20.8. The second-order valence-electron chi connectivity index (χ2n) is 15.3. The predicted molar refractivity (Wildman–Crippen MR) is 263 cm³/mol. The van der Waals surface area contributed by atoms with Crippen LogP contribution in [0.15, 0.2) is 243 Å². The standard InChI is InChI=1S/C58H40N2S/c1-5-16-41(17-6-1)44-28-33-49(34-29-44)59(48-24-11-4-12-25-48)54-38-37-53-56-52-27-14-13-22-46(52)32-39-55(56)61-58(53)57(54)60(50-35-30-45(31-36-50)42-18-7-2-8-19-42)51-26-15-23-47(40-51)43-20-9-3-10-21-43/h1-40H. The Bertz CT molecular complexity index is 3270. The number of hydrogen-bond donors (Lipinski definition) is 0. The van der Waals surface area contributed by atoms with Gasteiger partial charge in [-0.1, -0.05) is 182 Å². The lowest BCUT2D eigenvalue weighted by Gasteiger charge is -2.34. The lowest BCUT2D eigenvalue weighted by molar-refractivity contribution is 1.24. The number of fused-ring (bicyclic) bond motifs is 5. The number of rotatable bonds is 9. The van der Waals surface area contributed by atoms with Gasteiger partial charge in [-0.3, -0.25) is 0 Å². The Morgan fingerprint density at radius 2 is 0.770 bits per heavy atom. The molecule has 0 spiro atoms. The molecular weight excluding hydrogens is 757 g/mol. The molecule has 0 bridgehead atoms. The maximum Gasteiger partial charge on any atom is 0.0883 e. The summed E-state index contributed by atoms with van der Waals surface area (Å²) in [5.41, 5.74) is 13.6. The minimum Gasteiger partial charge on any atom is -0.308 e. The summed E-state index contributed by atoms with van der Waals surface area (Å²) in [6, 6.07) is 87.9. The van der Waals surface area contributed by atoms with E-state index < -0.39 is 0 Å². The van der Waals surface area contributed by atoms with E-state index in [4.69, 9.17) is 0 Å². The first kappa shape index (κ1) is 36.4. The average molecular weight is 797 g/mol.